The molecule has 2 unspecified atom stereocenters. The van der Waals surface area contributed by atoms with E-state index >= 15 is 0 Å². The van der Waals surface area contributed by atoms with Crippen molar-refractivity contribution in [2.75, 3.05) is 13.2 Å². The minimum absolute atomic E-state index is 0. The van der Waals surface area contributed by atoms with E-state index in [1.165, 1.54) is 23.6 Å². The van der Waals surface area contributed by atoms with E-state index < -0.39 is 34.2 Å². The molecule has 0 spiro atoms. The number of rotatable bonds is 8. The van der Waals surface area contributed by atoms with Gasteiger partial charge in [-0.05, 0) is 61.1 Å². The van der Waals surface area contributed by atoms with Crippen molar-refractivity contribution in [3.05, 3.63) is 81.5 Å². The molecule has 1 aliphatic heterocycles. The van der Waals surface area contributed by atoms with E-state index in [1.54, 1.807) is 22.9 Å². The molecule has 0 radical (unpaired) electrons. The Kier molecular flexibility index (Phi) is 9.07. The first-order valence-electron chi connectivity index (χ1n) is 13.5. The number of aromatic carboxylic acids is 1. The average molecular weight is 643 g/mol. The Morgan fingerprint density at radius 2 is 2.02 bits per heavy atom. The lowest BCUT2D eigenvalue weighted by molar-refractivity contribution is 0.0691. The van der Waals surface area contributed by atoms with Crippen LogP contribution in [-0.4, -0.2) is 55.2 Å². The second-order valence-electron chi connectivity index (χ2n) is 10.7. The Morgan fingerprint density at radius 3 is 2.66 bits per heavy atom. The number of aromatic nitrogens is 3. The Morgan fingerprint density at radius 1 is 1.23 bits per heavy atom. The van der Waals surface area contributed by atoms with Gasteiger partial charge in [0.05, 0.1) is 30.2 Å². The topological polar surface area (TPSA) is 171 Å². The van der Waals surface area contributed by atoms with Crippen LogP contribution in [0.5, 0.6) is 0 Å². The standard InChI is InChI=1S/C30H26F2N4O5S2.H2O/c31-22-5-4-20(14-19(22)7-8-30(39)9-10-41-16-30)27-21(11-18-3-6-26(43(33)40)23(32)12-18)25(13-17-1-2-17)36(35-27)29-34-24(15-42-29)28(37)38;/h3-6,12,14-15,17,39H,1-2,9-11,13,16H2,(H2,33,40)(H,37,38);1H2. The van der Waals surface area contributed by atoms with E-state index in [0.717, 1.165) is 35.4 Å². The number of benzene rings is 2. The van der Waals surface area contributed by atoms with Crippen molar-refractivity contribution < 1.29 is 38.2 Å². The van der Waals surface area contributed by atoms with E-state index in [-0.39, 0.29) is 34.7 Å². The first-order chi connectivity index (χ1) is 20.6. The first kappa shape index (κ1) is 31.6. The number of hydrogen-bond acceptors (Lipinski definition) is 8. The third kappa shape index (κ3) is 6.63. The zero-order chi connectivity index (χ0) is 30.3. The number of carbonyl (C=O) groups is 1. The third-order valence-corrected chi connectivity index (χ3v) is 9.12. The van der Waals surface area contributed by atoms with E-state index in [0.29, 0.717) is 47.3 Å². The molecule has 2 fully saturated rings. The largest absolute Gasteiger partial charge is 0.870 e. The smallest absolute Gasteiger partial charge is 0.355 e. The molecular formula is C30H28F2N4O6S2. The van der Waals surface area contributed by atoms with Crippen molar-refractivity contribution in [3.8, 4) is 28.2 Å². The fourth-order valence-electron chi connectivity index (χ4n) is 4.97. The fourth-order valence-corrected chi connectivity index (χ4v) is 6.24. The fraction of sp³-hybridized carbons (Fsp3) is 0.300. The summed E-state index contributed by atoms with van der Waals surface area (Å²) in [6.07, 6.45) is 3.21. The van der Waals surface area contributed by atoms with Crippen molar-refractivity contribution in [1.82, 2.24) is 14.8 Å². The van der Waals surface area contributed by atoms with Gasteiger partial charge in [0.1, 0.15) is 5.82 Å². The molecule has 2 atom stereocenters. The molecule has 5 N–H and O–H groups in total. The molecule has 14 heteroatoms. The second-order valence-corrected chi connectivity index (χ2v) is 12.7. The zero-order valence-corrected chi connectivity index (χ0v) is 24.9. The molecule has 2 aromatic carbocycles. The maximum absolute atomic E-state index is 14.9. The maximum atomic E-state index is 14.9. The Hall–Kier alpha value is -3.84. The van der Waals surface area contributed by atoms with Gasteiger partial charge in [-0.15, -0.1) is 16.5 Å². The average Bonchev–Trinajstić information content (AvgIpc) is 3.31. The number of thiol groups is 1. The van der Waals surface area contributed by atoms with E-state index in [9.17, 15) is 28.0 Å². The highest BCUT2D eigenvalue weighted by Gasteiger charge is 2.31. The lowest BCUT2D eigenvalue weighted by Gasteiger charge is -2.11. The minimum atomic E-state index is -2.36. The highest BCUT2D eigenvalue weighted by atomic mass is 32.2. The highest BCUT2D eigenvalue weighted by molar-refractivity contribution is 7.82. The monoisotopic (exact) mass is 642 g/mol. The number of ether oxygens (including phenoxy) is 1. The summed E-state index contributed by atoms with van der Waals surface area (Å²) >= 11 is 1.13. The molecule has 2 aliphatic rings. The molecule has 230 valence electrons. The van der Waals surface area contributed by atoms with Gasteiger partial charge in [0.15, 0.2) is 28.1 Å². The Balaban J connectivity index is 0.00000384. The number of aliphatic hydroxyl groups is 1. The highest BCUT2D eigenvalue weighted by Crippen LogP contribution is 2.38. The number of carboxylic acid groups (broad SMARTS) is 1. The molecule has 6 rings (SSSR count). The van der Waals surface area contributed by atoms with Crippen molar-refractivity contribution in [1.29, 1.82) is 0 Å². The molecular weight excluding hydrogens is 614 g/mol. The number of nitrogens with zero attached hydrogens (tertiary/aromatic N) is 3. The summed E-state index contributed by atoms with van der Waals surface area (Å²) in [6.45, 7) is 0.405. The Labute approximate surface area is 257 Å². The zero-order valence-electron chi connectivity index (χ0n) is 23.2. The number of hydrogen-bond donors (Lipinski definition) is 3. The third-order valence-electron chi connectivity index (χ3n) is 7.46. The second kappa shape index (κ2) is 12.6. The predicted molar refractivity (Wildman–Crippen MR) is 158 cm³/mol. The van der Waals surface area contributed by atoms with Gasteiger partial charge >= 0.3 is 5.97 Å². The molecule has 10 nitrogen and oxygen atoms in total. The van der Waals surface area contributed by atoms with Crippen LogP contribution >= 0.6 is 11.3 Å². The molecule has 1 saturated carbocycles. The van der Waals surface area contributed by atoms with Crippen LogP contribution in [0, 0.1) is 29.4 Å². The number of nitrogens with two attached hydrogens (primary N) is 1. The molecule has 2 aromatic heterocycles. The lowest BCUT2D eigenvalue weighted by atomic mass is 9.96. The molecule has 0 amide bonds. The quantitative estimate of drug-likeness (QED) is 0.148. The van der Waals surface area contributed by atoms with E-state index in [4.69, 9.17) is 15.0 Å². The summed E-state index contributed by atoms with van der Waals surface area (Å²) in [5.74, 6) is 3.47. The van der Waals surface area contributed by atoms with Crippen LogP contribution in [0.3, 0.4) is 0 Å². The van der Waals surface area contributed by atoms with Gasteiger partial charge in [-0.3, -0.25) is 0 Å². The van der Waals surface area contributed by atoms with Crippen molar-refractivity contribution in [2.45, 2.75) is 42.6 Å². The van der Waals surface area contributed by atoms with Crippen LogP contribution in [0.2, 0.25) is 0 Å². The summed E-state index contributed by atoms with van der Waals surface area (Å²) in [4.78, 5) is 15.8. The van der Waals surface area contributed by atoms with Gasteiger partial charge in [0.2, 0.25) is 10.0 Å². The van der Waals surface area contributed by atoms with Crippen molar-refractivity contribution >= 4 is 28.3 Å². The van der Waals surface area contributed by atoms with Crippen LogP contribution in [0.4, 0.5) is 8.78 Å². The summed E-state index contributed by atoms with van der Waals surface area (Å²) in [5, 5.41) is 32.1. The van der Waals surface area contributed by atoms with E-state index in [1.807, 2.05) is 0 Å². The SMILES string of the molecule is N[SH+](=O)c1ccc(Cc2c(-c3ccc(F)c(C#CC4(O)CCOC4)c3)nn(-c3nc(C(=O)O)cs3)c2CC2CC2)cc1F.[OH-]. The van der Waals surface area contributed by atoms with Gasteiger partial charge in [0.25, 0.3) is 0 Å². The van der Waals surface area contributed by atoms with Gasteiger partial charge in [-0.2, -0.15) is 5.10 Å². The summed E-state index contributed by atoms with van der Waals surface area (Å²) < 4.78 is 48.3. The molecule has 1 saturated heterocycles. The molecule has 4 aromatic rings. The maximum Gasteiger partial charge on any atom is 0.355 e. The van der Waals surface area contributed by atoms with Crippen molar-refractivity contribution in [3.63, 3.8) is 0 Å². The van der Waals surface area contributed by atoms with Crippen LogP contribution in [0.15, 0.2) is 46.7 Å². The molecule has 44 heavy (non-hydrogen) atoms. The molecule has 0 bridgehead atoms. The van der Waals surface area contributed by atoms with Gasteiger partial charge < -0.3 is 20.4 Å². The Bertz CT molecular complexity index is 1820. The van der Waals surface area contributed by atoms with Gasteiger partial charge in [0, 0.05) is 29.3 Å². The predicted octanol–water partition coefficient (Wildman–Crippen LogP) is 3.77. The summed E-state index contributed by atoms with van der Waals surface area (Å²) in [5.41, 5.74) is 1.69. The minimum Gasteiger partial charge on any atom is -0.870 e. The number of carboxylic acids is 1. The summed E-state index contributed by atoms with van der Waals surface area (Å²) in [6, 6.07) is 8.73. The van der Waals surface area contributed by atoms with Crippen LogP contribution in [0.25, 0.3) is 16.4 Å². The van der Waals surface area contributed by atoms with Gasteiger partial charge in [-0.25, -0.2) is 23.2 Å². The normalized spacial score (nSPS) is 18.4. The first-order valence-corrected chi connectivity index (χ1v) is 15.7. The molecule has 1 aliphatic carbocycles. The van der Waals surface area contributed by atoms with Gasteiger partial charge in [-0.1, -0.05) is 22.1 Å². The number of thiazole rings is 1. The van der Waals surface area contributed by atoms with Crippen LogP contribution in [-0.2, 0) is 32.8 Å². The van der Waals surface area contributed by atoms with Crippen LogP contribution in [0.1, 0.15) is 52.1 Å². The molecule has 3 heterocycles. The van der Waals surface area contributed by atoms with E-state index in [2.05, 4.69) is 16.8 Å². The summed E-state index contributed by atoms with van der Waals surface area (Å²) in [7, 11) is -2.36. The number of halogens is 2. The van der Waals surface area contributed by atoms with Crippen LogP contribution < -0.4 is 5.14 Å². The van der Waals surface area contributed by atoms with Crippen molar-refractivity contribution in [2.24, 2.45) is 11.1 Å². The lowest BCUT2D eigenvalue weighted by Crippen LogP contribution is -2.26.